The van der Waals surface area contributed by atoms with E-state index in [4.69, 9.17) is 16.3 Å². The molecule has 7 heteroatoms. The van der Waals surface area contributed by atoms with Gasteiger partial charge in [-0.05, 0) is 141 Å². The molecule has 4 nitrogen and oxygen atoms in total. The summed E-state index contributed by atoms with van der Waals surface area (Å²) >= 11 is 8.03. The summed E-state index contributed by atoms with van der Waals surface area (Å²) in [5.74, 6) is 2.32. The minimum absolute atomic E-state index is 0. The zero-order valence-electron chi connectivity index (χ0n) is 27.4. The number of carbonyl (C=O) groups excluding carboxylic acids is 1. The largest absolute Gasteiger partial charge is 0.508 e. The van der Waals surface area contributed by atoms with Crippen molar-refractivity contribution in [3.8, 4) is 5.75 Å². The fourth-order valence-electron chi connectivity index (χ4n) is 8.49. The summed E-state index contributed by atoms with van der Waals surface area (Å²) in [6.45, 7) is 5.29. The average Bonchev–Trinajstić information content (AvgIpc) is 3.36. The van der Waals surface area contributed by atoms with Gasteiger partial charge in [0.2, 0.25) is 0 Å². The van der Waals surface area contributed by atoms with Gasteiger partial charge in [-0.1, -0.05) is 67.6 Å². The van der Waals surface area contributed by atoms with E-state index in [1.165, 1.54) is 56.9 Å². The van der Waals surface area contributed by atoms with E-state index in [0.717, 1.165) is 37.3 Å². The predicted molar refractivity (Wildman–Crippen MR) is 192 cm³/mol. The molecule has 2 saturated carbocycles. The Balaban J connectivity index is 0.000000179. The van der Waals surface area contributed by atoms with Gasteiger partial charge >= 0.3 is 5.97 Å². The molecule has 0 amide bonds. The molecule has 7 rings (SSSR count). The number of rotatable bonds is 5. The second-order valence-corrected chi connectivity index (χ2v) is 15.2. The van der Waals surface area contributed by atoms with E-state index in [2.05, 4.69) is 74.5 Å². The molecule has 5 atom stereocenters. The molecule has 0 bridgehead atoms. The number of phenolic OH excluding ortho intramolecular Hbond substituents is 1. The van der Waals surface area contributed by atoms with Crippen molar-refractivity contribution < 1.29 is 14.6 Å². The molecule has 0 saturated heterocycles. The molecule has 3 aromatic rings. The van der Waals surface area contributed by atoms with Gasteiger partial charge in [0.05, 0.1) is 0 Å². The van der Waals surface area contributed by atoms with Gasteiger partial charge in [0.15, 0.2) is 0 Å². The van der Waals surface area contributed by atoms with Crippen LogP contribution in [0, 0.1) is 17.3 Å². The van der Waals surface area contributed by atoms with Crippen LogP contribution in [0.3, 0.4) is 0 Å². The first kappa shape index (κ1) is 34.9. The molecule has 1 N–H and O–H groups in total. The highest BCUT2D eigenvalue weighted by Crippen LogP contribution is 2.61. The van der Waals surface area contributed by atoms with E-state index in [1.807, 2.05) is 36.9 Å². The Morgan fingerprint density at radius 2 is 1.83 bits per heavy atom. The van der Waals surface area contributed by atoms with E-state index in [9.17, 15) is 9.90 Å². The van der Waals surface area contributed by atoms with E-state index >= 15 is 0 Å². The van der Waals surface area contributed by atoms with Crippen LogP contribution in [0.4, 0.5) is 0 Å². The summed E-state index contributed by atoms with van der Waals surface area (Å²) in [4.78, 5) is 16.6. The van der Waals surface area contributed by atoms with Gasteiger partial charge in [0.25, 0.3) is 0 Å². The maximum absolute atomic E-state index is 11.8. The molecule has 3 aliphatic carbocycles. The number of carbonyl (C=O) groups is 1. The molecular weight excluding hydrogens is 633 g/mol. The third-order valence-corrected chi connectivity index (χ3v) is 12.1. The number of benzene rings is 3. The Morgan fingerprint density at radius 1 is 1.04 bits per heavy atom. The van der Waals surface area contributed by atoms with Crippen LogP contribution in [0.5, 0.6) is 5.75 Å². The lowest BCUT2D eigenvalue weighted by Gasteiger charge is -2.50. The number of fused-ring (bicyclic) bond motifs is 7. The highest BCUT2D eigenvalue weighted by Gasteiger charge is 2.56. The van der Waals surface area contributed by atoms with E-state index in [0.29, 0.717) is 29.9 Å². The number of nitrogens with zero attached hydrogens (tertiary/aromatic N) is 1. The topological polar surface area (TPSA) is 49.8 Å². The summed E-state index contributed by atoms with van der Waals surface area (Å²) in [5.41, 5.74) is 6.83. The molecule has 246 valence electrons. The van der Waals surface area contributed by atoms with Gasteiger partial charge in [0.1, 0.15) is 11.9 Å². The molecule has 46 heavy (non-hydrogen) atoms. The first-order valence-electron chi connectivity index (χ1n) is 16.6. The van der Waals surface area contributed by atoms with Crippen molar-refractivity contribution in [3.63, 3.8) is 0 Å². The van der Waals surface area contributed by atoms with E-state index in [-0.39, 0.29) is 29.9 Å². The lowest BCUT2D eigenvalue weighted by molar-refractivity contribution is -0.157. The third kappa shape index (κ3) is 7.04. The van der Waals surface area contributed by atoms with Crippen molar-refractivity contribution in [2.24, 2.45) is 17.3 Å². The van der Waals surface area contributed by atoms with Crippen LogP contribution in [-0.2, 0) is 16.0 Å². The Hall–Kier alpha value is -2.44. The number of hydrogen-bond acceptors (Lipinski definition) is 5. The molecule has 1 heterocycles. The second kappa shape index (κ2) is 14.8. The fraction of sp³-hybridized carbons (Fsp3) is 0.462. The Bertz CT molecular complexity index is 1590. The standard InChI is InChI=1S/C21H28O3.C18H18ClNS.ClH/c1-3-20(23)24-19-9-8-18-17-6-4-13-12-14(22)5-7-15(13)16(17)10-11-21(18,19)2;1-20(2)11-5-7-14-15-6-3-4-8-17(15)21-18-10-9-13(19)12-16(14)18;/h5,7,12,16-19,22H,3-4,6,8-11H2,1-2H3;3-4,6-10,12H,5,11H2,1-2H3;1H. The average molecular weight is 681 g/mol. The minimum Gasteiger partial charge on any atom is -0.508 e. The number of esters is 1. The van der Waals surface area contributed by atoms with Crippen LogP contribution in [0.1, 0.15) is 87.0 Å². The molecule has 0 aromatic heterocycles. The van der Waals surface area contributed by atoms with Crippen molar-refractivity contribution in [2.75, 3.05) is 20.6 Å². The van der Waals surface area contributed by atoms with Crippen molar-refractivity contribution >= 4 is 47.3 Å². The van der Waals surface area contributed by atoms with Crippen molar-refractivity contribution in [1.82, 2.24) is 4.90 Å². The quantitative estimate of drug-likeness (QED) is 0.213. The lowest BCUT2D eigenvalue weighted by Crippen LogP contribution is -2.45. The highest BCUT2D eigenvalue weighted by molar-refractivity contribution is 7.99. The number of hydrogen-bond donors (Lipinski definition) is 1. The maximum Gasteiger partial charge on any atom is 0.305 e. The summed E-state index contributed by atoms with van der Waals surface area (Å²) < 4.78 is 5.83. The first-order chi connectivity index (χ1) is 21.7. The maximum atomic E-state index is 11.8. The molecule has 3 aromatic carbocycles. The van der Waals surface area contributed by atoms with Gasteiger partial charge in [-0.2, -0.15) is 0 Å². The summed E-state index contributed by atoms with van der Waals surface area (Å²) in [7, 11) is 4.21. The van der Waals surface area contributed by atoms with Gasteiger partial charge in [-0.15, -0.1) is 12.4 Å². The third-order valence-electron chi connectivity index (χ3n) is 10.7. The number of halogens is 2. The SMILES string of the molecule is CCC(=O)OC1CCC2C3CCc4cc(O)ccc4C3CCC12C.CN(C)CCC=C1c2ccccc2Sc2ccc(Cl)cc21.Cl. The zero-order valence-corrected chi connectivity index (χ0v) is 29.8. The van der Waals surface area contributed by atoms with Crippen LogP contribution in [0.2, 0.25) is 5.02 Å². The monoisotopic (exact) mass is 679 g/mol. The first-order valence-corrected chi connectivity index (χ1v) is 17.8. The van der Waals surface area contributed by atoms with E-state index < -0.39 is 0 Å². The smallest absolute Gasteiger partial charge is 0.305 e. The second-order valence-electron chi connectivity index (χ2n) is 13.7. The Morgan fingerprint density at radius 3 is 2.61 bits per heavy atom. The van der Waals surface area contributed by atoms with Gasteiger partial charge in [-0.25, -0.2) is 0 Å². The van der Waals surface area contributed by atoms with E-state index in [1.54, 1.807) is 0 Å². The van der Waals surface area contributed by atoms with Crippen LogP contribution < -0.4 is 0 Å². The molecule has 4 aliphatic rings. The van der Waals surface area contributed by atoms with Gasteiger partial charge in [-0.3, -0.25) is 4.79 Å². The number of aryl methyl sites for hydroxylation is 1. The van der Waals surface area contributed by atoms with Crippen LogP contribution >= 0.6 is 35.8 Å². The number of aromatic hydroxyl groups is 1. The summed E-state index contributed by atoms with van der Waals surface area (Å²) in [6, 6.07) is 20.7. The van der Waals surface area contributed by atoms with Gasteiger partial charge in [0, 0.05) is 33.2 Å². The van der Waals surface area contributed by atoms with Crippen LogP contribution in [0.25, 0.3) is 5.57 Å². The molecule has 0 radical (unpaired) electrons. The molecule has 2 fully saturated rings. The molecule has 1 aliphatic heterocycles. The Labute approximate surface area is 290 Å². The van der Waals surface area contributed by atoms with Crippen molar-refractivity contribution in [3.05, 3.63) is 94.0 Å². The normalized spacial score (nSPS) is 26.3. The molecule has 0 spiro atoms. The fourth-order valence-corrected chi connectivity index (χ4v) is 9.75. The van der Waals surface area contributed by atoms with Crippen molar-refractivity contribution in [1.29, 1.82) is 0 Å². The number of ether oxygens (including phenoxy) is 1. The minimum atomic E-state index is -0.0477. The molecular formula is C39H47Cl2NO3S. The van der Waals surface area contributed by atoms with Crippen LogP contribution in [-0.4, -0.2) is 42.7 Å². The summed E-state index contributed by atoms with van der Waals surface area (Å²) in [5, 5.41) is 10.6. The highest BCUT2D eigenvalue weighted by atomic mass is 35.5. The predicted octanol–water partition coefficient (Wildman–Crippen LogP) is 10.2. The Kier molecular flexibility index (Phi) is 11.2. The zero-order chi connectivity index (χ0) is 31.7. The summed E-state index contributed by atoms with van der Waals surface area (Å²) in [6.07, 6.45) is 10.8. The van der Waals surface area contributed by atoms with Crippen molar-refractivity contribution in [2.45, 2.75) is 87.0 Å². The lowest BCUT2D eigenvalue weighted by atomic mass is 9.55. The van der Waals surface area contributed by atoms with Gasteiger partial charge < -0.3 is 14.7 Å². The molecule has 5 unspecified atom stereocenters. The number of phenols is 1. The van der Waals surface area contributed by atoms with Crippen LogP contribution in [0.15, 0.2) is 76.5 Å².